The maximum Gasteiger partial charge on any atom is 0.257 e. The van der Waals surface area contributed by atoms with Crippen LogP contribution in [0.2, 0.25) is 0 Å². The molecule has 0 aromatic carbocycles. The SMILES string of the molecule is CN=P(C)(Cl)OCCOC.ClP1(Cl)=NP(Cl)(Cl)=NP(Cl)(Cl)=N1. The van der Waals surface area contributed by atoms with Crippen LogP contribution in [0.5, 0.6) is 0 Å². The van der Waals surface area contributed by atoms with Crippen molar-refractivity contribution in [2.45, 2.75) is 0 Å². The maximum absolute atomic E-state index is 5.82. The summed E-state index contributed by atoms with van der Waals surface area (Å²) >= 11 is 39.7. The summed E-state index contributed by atoms with van der Waals surface area (Å²) in [5, 5.41) is 0. The van der Waals surface area contributed by atoms with Gasteiger partial charge in [-0.1, -0.05) is 0 Å². The summed E-state index contributed by atoms with van der Waals surface area (Å²) in [5.74, 6) is -8.72. The Morgan fingerprint density at radius 3 is 1.55 bits per heavy atom. The van der Waals surface area contributed by atoms with Crippen LogP contribution in [-0.4, -0.2) is 34.0 Å². The lowest BCUT2D eigenvalue weighted by molar-refractivity contribution is 0.153. The first kappa shape index (κ1) is 24.9. The van der Waals surface area contributed by atoms with Crippen LogP contribution < -0.4 is 0 Å². The summed E-state index contributed by atoms with van der Waals surface area (Å²) in [7, 11) is 3.28. The van der Waals surface area contributed by atoms with Gasteiger partial charge in [-0.15, -0.1) is 0 Å². The summed E-state index contributed by atoms with van der Waals surface area (Å²) in [6.07, 6.45) is 0. The zero-order valence-corrected chi connectivity index (χ0v) is 20.3. The fourth-order valence-electron chi connectivity index (χ4n) is 0.787. The topological polar surface area (TPSA) is 67.9 Å². The molecule has 0 N–H and O–H groups in total. The molecule has 17 heteroatoms. The Kier molecular flexibility index (Phi) is 11.6. The Labute approximate surface area is 163 Å². The molecule has 1 heterocycles. The molecule has 1 unspecified atom stereocenters. The largest absolute Gasteiger partial charge is 0.382 e. The minimum absolute atomic E-state index is 0.515. The Morgan fingerprint density at radius 1 is 0.909 bits per heavy atom. The lowest BCUT2D eigenvalue weighted by Gasteiger charge is -2.16. The van der Waals surface area contributed by atoms with Crippen molar-refractivity contribution in [2.75, 3.05) is 34.0 Å². The Balaban J connectivity index is 0.000000409. The van der Waals surface area contributed by atoms with Crippen molar-refractivity contribution in [3.63, 3.8) is 0 Å². The molecule has 0 saturated carbocycles. The van der Waals surface area contributed by atoms with Crippen LogP contribution in [-0.2, 0) is 9.26 Å². The van der Waals surface area contributed by atoms with Gasteiger partial charge in [-0.2, -0.15) is 13.5 Å². The molecule has 0 aromatic heterocycles. The molecule has 0 aliphatic carbocycles. The lowest BCUT2D eigenvalue weighted by Crippen LogP contribution is -1.97. The summed E-state index contributed by atoms with van der Waals surface area (Å²) in [5.41, 5.74) is 0. The molecular formula is C5H13Cl7N4O2P4. The number of halogens is 7. The third-order valence-corrected chi connectivity index (χ3v) is 16.2. The fourth-order valence-corrected chi connectivity index (χ4v) is 20.3. The van der Waals surface area contributed by atoms with Crippen molar-refractivity contribution in [1.82, 2.24) is 0 Å². The van der Waals surface area contributed by atoms with Gasteiger partial charge in [0.2, 0.25) is 0 Å². The molecule has 6 nitrogen and oxygen atoms in total. The van der Waals surface area contributed by atoms with E-state index in [1.807, 2.05) is 0 Å². The molecule has 0 amide bonds. The average Bonchev–Trinajstić information content (AvgIpc) is 2.23. The van der Waals surface area contributed by atoms with Gasteiger partial charge in [0, 0.05) is 20.8 Å². The number of hydrogen-bond donors (Lipinski definition) is 0. The van der Waals surface area contributed by atoms with E-state index < -0.39 is 24.4 Å². The van der Waals surface area contributed by atoms with E-state index in [1.54, 1.807) is 20.8 Å². The van der Waals surface area contributed by atoms with Crippen LogP contribution in [0.25, 0.3) is 0 Å². The number of methoxy groups -OCH3 is 1. The standard InChI is InChI=1S/C5H13ClNO2P.Cl6N3P3/c1-7-10(3,6)9-5-4-8-2;1-10(2)7-11(3,4)9-12(5,6)8-10/h4-5H2,1-3H3;. The minimum Gasteiger partial charge on any atom is -0.382 e. The predicted molar refractivity (Wildman–Crippen MR) is 108 cm³/mol. The fraction of sp³-hybridized carbons (Fsp3) is 1.00. The first-order chi connectivity index (χ1) is 9.74. The van der Waals surface area contributed by atoms with Gasteiger partial charge in [0.15, 0.2) is 6.63 Å². The van der Waals surface area contributed by atoms with Gasteiger partial charge in [-0.25, -0.2) is 0 Å². The van der Waals surface area contributed by atoms with E-state index in [0.29, 0.717) is 13.2 Å². The van der Waals surface area contributed by atoms with E-state index in [-0.39, 0.29) is 0 Å². The maximum atomic E-state index is 5.82. The quantitative estimate of drug-likeness (QED) is 0.267. The number of rotatable bonds is 4. The van der Waals surface area contributed by atoms with Crippen LogP contribution >= 0.6 is 103 Å². The molecule has 0 spiro atoms. The van der Waals surface area contributed by atoms with Crippen LogP contribution in [0.4, 0.5) is 0 Å². The molecular weight excluding hydrogens is 520 g/mol. The molecule has 0 radical (unpaired) electrons. The summed E-state index contributed by atoms with van der Waals surface area (Å²) < 4.78 is 24.8. The molecule has 1 atom stereocenters. The highest BCUT2D eigenvalue weighted by Gasteiger charge is 2.30. The van der Waals surface area contributed by atoms with Gasteiger partial charge in [0.05, 0.1) is 13.2 Å². The van der Waals surface area contributed by atoms with Crippen LogP contribution in [0.1, 0.15) is 0 Å². The monoisotopic (exact) mass is 530 g/mol. The van der Waals surface area contributed by atoms with Gasteiger partial charge < -0.3 is 9.26 Å². The lowest BCUT2D eigenvalue weighted by atomic mass is 10.8. The Hall–Kier alpha value is 2.87. The van der Waals surface area contributed by atoms with E-state index in [2.05, 4.69) is 18.3 Å². The molecule has 1 aliphatic heterocycles. The molecule has 22 heavy (non-hydrogen) atoms. The van der Waals surface area contributed by atoms with E-state index in [9.17, 15) is 0 Å². The van der Waals surface area contributed by atoms with Crippen LogP contribution in [0, 0.1) is 0 Å². The summed E-state index contributed by atoms with van der Waals surface area (Å²) in [4.78, 5) is 0. The van der Waals surface area contributed by atoms with E-state index in [0.717, 1.165) is 0 Å². The van der Waals surface area contributed by atoms with Crippen LogP contribution in [0.15, 0.2) is 18.3 Å². The Morgan fingerprint density at radius 2 is 1.27 bits per heavy atom. The molecule has 1 aliphatic rings. The second kappa shape index (κ2) is 10.3. The van der Waals surface area contributed by atoms with Gasteiger partial charge in [-0.3, -0.25) is 4.74 Å². The van der Waals surface area contributed by atoms with Crippen LogP contribution in [0.3, 0.4) is 0 Å². The molecule has 0 saturated heterocycles. The van der Waals surface area contributed by atoms with E-state index >= 15 is 0 Å². The van der Waals surface area contributed by atoms with Gasteiger partial charge in [-0.05, 0) is 78.7 Å². The highest BCUT2D eigenvalue weighted by molar-refractivity contribution is 8.26. The minimum atomic E-state index is -2.91. The molecule has 1 rings (SSSR count). The van der Waals surface area contributed by atoms with E-state index in [4.69, 9.17) is 87.9 Å². The first-order valence-electron chi connectivity index (χ1n) is 5.15. The second-order valence-corrected chi connectivity index (χ2v) is 22.5. The van der Waals surface area contributed by atoms with Crippen molar-refractivity contribution >= 4 is 103 Å². The normalized spacial score (nSPS) is 23.5. The van der Waals surface area contributed by atoms with Crippen molar-refractivity contribution in [1.29, 1.82) is 0 Å². The van der Waals surface area contributed by atoms with Crippen molar-refractivity contribution < 1.29 is 9.26 Å². The summed E-state index contributed by atoms with van der Waals surface area (Å²) in [6.45, 7) is 0.943. The average molecular weight is 533 g/mol. The van der Waals surface area contributed by atoms with Gasteiger partial charge in [0.25, 0.3) is 17.7 Å². The Bertz CT molecular complexity index is 512. The number of ether oxygens (including phenoxy) is 1. The van der Waals surface area contributed by atoms with E-state index in [1.165, 1.54) is 0 Å². The highest BCUT2D eigenvalue weighted by atomic mass is 35.9. The summed E-state index contributed by atoms with van der Waals surface area (Å²) in [6, 6.07) is 0. The third-order valence-electron chi connectivity index (χ3n) is 1.62. The molecule has 134 valence electrons. The molecule has 0 bridgehead atoms. The first-order valence-corrected chi connectivity index (χ1v) is 18.7. The molecule has 0 aromatic rings. The number of nitrogens with zero attached hydrogens (tertiary/aromatic N) is 4. The highest BCUT2D eigenvalue weighted by Crippen LogP contribution is 2.87. The van der Waals surface area contributed by atoms with Gasteiger partial charge >= 0.3 is 0 Å². The number of hydrogen-bond acceptors (Lipinski definition) is 6. The zero-order valence-electron chi connectivity index (χ0n) is 11.5. The smallest absolute Gasteiger partial charge is 0.257 e. The third kappa shape index (κ3) is 12.3. The zero-order chi connectivity index (χ0) is 17.7. The second-order valence-electron chi connectivity index (χ2n) is 3.44. The van der Waals surface area contributed by atoms with Crippen molar-refractivity contribution in [2.24, 2.45) is 18.3 Å². The van der Waals surface area contributed by atoms with Gasteiger partial charge in [0.1, 0.15) is 0 Å². The van der Waals surface area contributed by atoms with Crippen molar-refractivity contribution in [3.8, 4) is 0 Å². The predicted octanol–water partition coefficient (Wildman–Crippen LogP) is 9.45. The van der Waals surface area contributed by atoms with Crippen molar-refractivity contribution in [3.05, 3.63) is 0 Å². The molecule has 0 fully saturated rings.